The largest absolute Gasteiger partial charge is 0.381 e. The van der Waals surface area contributed by atoms with Crippen molar-refractivity contribution >= 4 is 23.1 Å². The zero-order valence-electron chi connectivity index (χ0n) is 19.4. The molecule has 1 saturated heterocycles. The predicted octanol–water partition coefficient (Wildman–Crippen LogP) is 5.12. The number of anilines is 2. The first kappa shape index (κ1) is 24.1. The SMILES string of the molecule is C=C(C(=O)Nc1cnc(N(Cc2ccccc2)Cc2ccccc2)c([N+](=O)[O-])c1)C1CCOCC1. The van der Waals surface area contributed by atoms with Gasteiger partial charge in [-0.3, -0.25) is 14.9 Å². The summed E-state index contributed by atoms with van der Waals surface area (Å²) < 4.78 is 5.35. The summed E-state index contributed by atoms with van der Waals surface area (Å²) in [5.41, 5.74) is 2.55. The number of carbonyl (C=O) groups is 1. The van der Waals surface area contributed by atoms with E-state index in [4.69, 9.17) is 4.74 Å². The van der Waals surface area contributed by atoms with Crippen LogP contribution in [0.3, 0.4) is 0 Å². The predicted molar refractivity (Wildman–Crippen MR) is 135 cm³/mol. The smallest absolute Gasteiger partial charge is 0.313 e. The summed E-state index contributed by atoms with van der Waals surface area (Å²) in [6.07, 6.45) is 2.93. The second-order valence-corrected chi connectivity index (χ2v) is 8.52. The summed E-state index contributed by atoms with van der Waals surface area (Å²) >= 11 is 0. The molecule has 1 N–H and O–H groups in total. The van der Waals surface area contributed by atoms with Gasteiger partial charge in [0.1, 0.15) is 0 Å². The average Bonchev–Trinajstić information content (AvgIpc) is 2.89. The van der Waals surface area contributed by atoms with Crippen molar-refractivity contribution in [3.8, 4) is 0 Å². The van der Waals surface area contributed by atoms with E-state index in [0.29, 0.717) is 31.9 Å². The first-order valence-corrected chi connectivity index (χ1v) is 11.6. The second-order valence-electron chi connectivity index (χ2n) is 8.52. The van der Waals surface area contributed by atoms with Crippen LogP contribution in [0.2, 0.25) is 0 Å². The molecule has 1 aromatic heterocycles. The molecule has 2 aromatic carbocycles. The molecular formula is C27H28N4O4. The van der Waals surface area contributed by atoms with Gasteiger partial charge in [0.25, 0.3) is 5.91 Å². The highest BCUT2D eigenvalue weighted by Gasteiger charge is 2.25. The third-order valence-electron chi connectivity index (χ3n) is 6.04. The number of nitrogens with zero attached hydrogens (tertiary/aromatic N) is 3. The molecule has 0 saturated carbocycles. The van der Waals surface area contributed by atoms with Crippen LogP contribution in [0.5, 0.6) is 0 Å². The Labute approximate surface area is 204 Å². The number of pyridine rings is 1. The molecule has 0 spiro atoms. The topological polar surface area (TPSA) is 97.6 Å². The van der Waals surface area contributed by atoms with Crippen molar-refractivity contribution in [2.24, 2.45) is 5.92 Å². The molecule has 8 heteroatoms. The zero-order chi connectivity index (χ0) is 24.6. The van der Waals surface area contributed by atoms with Crippen LogP contribution >= 0.6 is 0 Å². The Hall–Kier alpha value is -4.04. The minimum Gasteiger partial charge on any atom is -0.381 e. The first-order valence-electron chi connectivity index (χ1n) is 11.6. The number of carbonyl (C=O) groups excluding carboxylic acids is 1. The average molecular weight is 473 g/mol. The van der Waals surface area contributed by atoms with E-state index in [2.05, 4.69) is 16.9 Å². The quantitative estimate of drug-likeness (QED) is 0.264. The van der Waals surface area contributed by atoms with E-state index in [0.717, 1.165) is 24.0 Å². The molecule has 0 atom stereocenters. The standard InChI is InChI=1S/C27H28N4O4/c1-20(23-12-14-35-15-13-23)27(32)29-24-16-25(31(33)34)26(28-17-24)30(18-21-8-4-2-5-9-21)19-22-10-6-3-7-11-22/h2-11,16-17,23H,1,12-15,18-19H2,(H,29,32). The number of hydrogen-bond acceptors (Lipinski definition) is 6. The van der Waals surface area contributed by atoms with Crippen molar-refractivity contribution in [1.29, 1.82) is 0 Å². The number of ether oxygens (including phenoxy) is 1. The Morgan fingerprint density at radius 2 is 1.63 bits per heavy atom. The Balaban J connectivity index is 1.59. The Bertz CT molecular complexity index is 1140. The highest BCUT2D eigenvalue weighted by Crippen LogP contribution is 2.31. The molecule has 8 nitrogen and oxygen atoms in total. The van der Waals surface area contributed by atoms with Crippen LogP contribution < -0.4 is 10.2 Å². The summed E-state index contributed by atoms with van der Waals surface area (Å²) in [5.74, 6) is -0.0756. The van der Waals surface area contributed by atoms with Crippen molar-refractivity contribution in [1.82, 2.24) is 4.98 Å². The van der Waals surface area contributed by atoms with E-state index in [-0.39, 0.29) is 29.0 Å². The molecule has 1 fully saturated rings. The third-order valence-corrected chi connectivity index (χ3v) is 6.04. The maximum Gasteiger partial charge on any atom is 0.313 e. The van der Waals surface area contributed by atoms with Gasteiger partial charge < -0.3 is 15.0 Å². The molecule has 0 aliphatic carbocycles. The molecule has 4 rings (SSSR count). The number of amides is 1. The van der Waals surface area contributed by atoms with Crippen molar-refractivity contribution in [2.45, 2.75) is 25.9 Å². The van der Waals surface area contributed by atoms with Crippen LogP contribution in [-0.2, 0) is 22.6 Å². The zero-order valence-corrected chi connectivity index (χ0v) is 19.4. The molecule has 2 heterocycles. The summed E-state index contributed by atoms with van der Waals surface area (Å²) in [6, 6.07) is 20.8. The molecule has 35 heavy (non-hydrogen) atoms. The molecule has 0 radical (unpaired) electrons. The molecule has 1 aliphatic heterocycles. The fourth-order valence-electron chi connectivity index (χ4n) is 4.15. The van der Waals surface area contributed by atoms with Gasteiger partial charge in [-0.25, -0.2) is 4.98 Å². The third kappa shape index (κ3) is 6.30. The van der Waals surface area contributed by atoms with Gasteiger partial charge in [-0.1, -0.05) is 67.2 Å². The van der Waals surface area contributed by atoms with E-state index in [9.17, 15) is 14.9 Å². The summed E-state index contributed by atoms with van der Waals surface area (Å²) in [7, 11) is 0. The highest BCUT2D eigenvalue weighted by atomic mass is 16.6. The number of aromatic nitrogens is 1. The lowest BCUT2D eigenvalue weighted by molar-refractivity contribution is -0.384. The van der Waals surface area contributed by atoms with E-state index in [1.807, 2.05) is 65.6 Å². The number of hydrogen-bond donors (Lipinski definition) is 1. The summed E-state index contributed by atoms with van der Waals surface area (Å²) in [4.78, 5) is 30.6. The summed E-state index contributed by atoms with van der Waals surface area (Å²) in [6.45, 7) is 6.01. The monoisotopic (exact) mass is 472 g/mol. The van der Waals surface area contributed by atoms with Crippen molar-refractivity contribution in [2.75, 3.05) is 23.4 Å². The van der Waals surface area contributed by atoms with E-state index in [1.54, 1.807) is 0 Å². The van der Waals surface area contributed by atoms with Crippen LogP contribution in [-0.4, -0.2) is 29.0 Å². The van der Waals surface area contributed by atoms with Gasteiger partial charge in [0.2, 0.25) is 5.82 Å². The molecule has 0 unspecified atom stereocenters. The number of rotatable bonds is 9. The van der Waals surface area contributed by atoms with Crippen molar-refractivity contribution in [3.05, 3.63) is 106 Å². The van der Waals surface area contributed by atoms with E-state index < -0.39 is 4.92 Å². The lowest BCUT2D eigenvalue weighted by Gasteiger charge is -2.25. The van der Waals surface area contributed by atoms with Gasteiger partial charge in [-0.05, 0) is 29.9 Å². The van der Waals surface area contributed by atoms with Crippen molar-refractivity contribution < 1.29 is 14.5 Å². The maximum absolute atomic E-state index is 12.7. The van der Waals surface area contributed by atoms with Gasteiger partial charge in [-0.2, -0.15) is 0 Å². The Kier molecular flexibility index (Phi) is 7.84. The van der Waals surface area contributed by atoms with Gasteiger partial charge >= 0.3 is 5.69 Å². The molecule has 1 aliphatic rings. The van der Waals surface area contributed by atoms with Crippen LogP contribution in [0.1, 0.15) is 24.0 Å². The van der Waals surface area contributed by atoms with E-state index >= 15 is 0 Å². The second kappa shape index (κ2) is 11.4. The highest BCUT2D eigenvalue weighted by molar-refractivity contribution is 6.03. The normalized spacial score (nSPS) is 13.7. The Morgan fingerprint density at radius 1 is 1.06 bits per heavy atom. The fraction of sp³-hybridized carbons (Fsp3) is 0.259. The van der Waals surface area contributed by atoms with Gasteiger partial charge in [0, 0.05) is 37.9 Å². The molecular weight excluding hydrogens is 444 g/mol. The van der Waals surface area contributed by atoms with Gasteiger partial charge in [-0.15, -0.1) is 0 Å². The molecule has 0 bridgehead atoms. The maximum atomic E-state index is 12.7. The fourth-order valence-corrected chi connectivity index (χ4v) is 4.15. The number of nitro groups is 1. The van der Waals surface area contributed by atoms with E-state index in [1.165, 1.54) is 12.3 Å². The minimum atomic E-state index is -0.464. The van der Waals surface area contributed by atoms with Crippen molar-refractivity contribution in [3.63, 3.8) is 0 Å². The van der Waals surface area contributed by atoms with Gasteiger partial charge in [0.05, 0.1) is 16.8 Å². The minimum absolute atomic E-state index is 0.0400. The van der Waals surface area contributed by atoms with Crippen LogP contribution in [0.4, 0.5) is 17.2 Å². The molecule has 1 amide bonds. The van der Waals surface area contributed by atoms with Crippen LogP contribution in [0.15, 0.2) is 85.1 Å². The van der Waals surface area contributed by atoms with Crippen LogP contribution in [0, 0.1) is 16.0 Å². The summed E-state index contributed by atoms with van der Waals surface area (Å²) in [5, 5.41) is 14.8. The number of nitrogens with one attached hydrogen (secondary N) is 1. The Morgan fingerprint density at radius 3 is 2.17 bits per heavy atom. The first-order chi connectivity index (χ1) is 17.0. The number of benzene rings is 2. The lowest BCUT2D eigenvalue weighted by atomic mass is 9.92. The molecule has 180 valence electrons. The molecule has 3 aromatic rings. The lowest BCUT2D eigenvalue weighted by Crippen LogP contribution is -2.26. The van der Waals surface area contributed by atoms with Gasteiger partial charge in [0.15, 0.2) is 0 Å². The van der Waals surface area contributed by atoms with Crippen LogP contribution in [0.25, 0.3) is 0 Å².